The van der Waals surface area contributed by atoms with Gasteiger partial charge in [0.1, 0.15) is 0 Å². The highest BCUT2D eigenvalue weighted by Crippen LogP contribution is 2.29. The first-order chi connectivity index (χ1) is 5.20. The normalized spacial score (nSPS) is 31.6. The van der Waals surface area contributed by atoms with Gasteiger partial charge in [-0.15, -0.1) is 11.6 Å². The fraction of sp³-hybridized carbons (Fsp3) is 1.00. The molecule has 66 valence electrons. The van der Waals surface area contributed by atoms with E-state index in [1.807, 2.05) is 0 Å². The Labute approximate surface area is 74.5 Å². The molecule has 0 bridgehead atoms. The molecule has 1 aliphatic carbocycles. The van der Waals surface area contributed by atoms with Crippen LogP contribution in [0.15, 0.2) is 0 Å². The van der Waals surface area contributed by atoms with Gasteiger partial charge < -0.3 is 5.32 Å². The summed E-state index contributed by atoms with van der Waals surface area (Å²) in [5.74, 6) is 0.721. The summed E-state index contributed by atoms with van der Waals surface area (Å²) < 4.78 is 0. The van der Waals surface area contributed by atoms with Gasteiger partial charge in [0.25, 0.3) is 0 Å². The average Bonchev–Trinajstić information content (AvgIpc) is 2.31. The minimum absolute atomic E-state index is 0.432. The zero-order valence-corrected chi connectivity index (χ0v) is 8.19. The second-order valence-electron chi connectivity index (χ2n) is 3.77. The van der Waals surface area contributed by atoms with Crippen molar-refractivity contribution in [3.8, 4) is 0 Å². The van der Waals surface area contributed by atoms with Crippen molar-refractivity contribution in [2.75, 3.05) is 6.54 Å². The lowest BCUT2D eigenvalue weighted by molar-refractivity contribution is 0.463. The molecule has 0 aromatic carbocycles. The van der Waals surface area contributed by atoms with Crippen molar-refractivity contribution >= 4 is 11.6 Å². The maximum absolute atomic E-state index is 6.12. The highest BCUT2D eigenvalue weighted by Gasteiger charge is 2.24. The van der Waals surface area contributed by atoms with Crippen molar-refractivity contribution < 1.29 is 0 Å². The van der Waals surface area contributed by atoms with Gasteiger partial charge in [0, 0.05) is 11.4 Å². The molecule has 2 unspecified atom stereocenters. The van der Waals surface area contributed by atoms with Crippen LogP contribution in [0.25, 0.3) is 0 Å². The molecule has 1 N–H and O–H groups in total. The first-order valence-corrected chi connectivity index (χ1v) is 5.01. The van der Waals surface area contributed by atoms with Crippen LogP contribution in [0, 0.1) is 5.92 Å². The SMILES string of the molecule is CC(C)NCC1CCCC1Cl. The monoisotopic (exact) mass is 175 g/mol. The summed E-state index contributed by atoms with van der Waals surface area (Å²) in [4.78, 5) is 0. The summed E-state index contributed by atoms with van der Waals surface area (Å²) >= 11 is 6.12. The maximum atomic E-state index is 6.12. The van der Waals surface area contributed by atoms with Gasteiger partial charge in [-0.3, -0.25) is 0 Å². The number of hydrogen-bond donors (Lipinski definition) is 1. The summed E-state index contributed by atoms with van der Waals surface area (Å²) in [7, 11) is 0. The molecule has 1 rings (SSSR count). The van der Waals surface area contributed by atoms with Gasteiger partial charge in [0.2, 0.25) is 0 Å². The van der Waals surface area contributed by atoms with Crippen molar-refractivity contribution in [2.45, 2.75) is 44.5 Å². The van der Waals surface area contributed by atoms with E-state index >= 15 is 0 Å². The summed E-state index contributed by atoms with van der Waals surface area (Å²) in [5, 5.41) is 3.87. The van der Waals surface area contributed by atoms with Crippen molar-refractivity contribution in [2.24, 2.45) is 5.92 Å². The van der Waals surface area contributed by atoms with Crippen LogP contribution in [0.1, 0.15) is 33.1 Å². The first kappa shape index (κ1) is 9.34. The Morgan fingerprint density at radius 1 is 1.45 bits per heavy atom. The van der Waals surface area contributed by atoms with Crippen molar-refractivity contribution in [3.63, 3.8) is 0 Å². The third kappa shape index (κ3) is 3.00. The van der Waals surface area contributed by atoms with Crippen molar-refractivity contribution in [1.29, 1.82) is 0 Å². The quantitative estimate of drug-likeness (QED) is 0.650. The third-order valence-electron chi connectivity index (χ3n) is 2.35. The molecule has 0 aromatic heterocycles. The Balaban J connectivity index is 2.15. The minimum atomic E-state index is 0.432. The number of hydrogen-bond acceptors (Lipinski definition) is 1. The second kappa shape index (κ2) is 4.32. The van der Waals surface area contributed by atoms with E-state index < -0.39 is 0 Å². The Hall–Kier alpha value is 0.250. The van der Waals surface area contributed by atoms with Crippen LogP contribution < -0.4 is 5.32 Å². The zero-order chi connectivity index (χ0) is 8.27. The predicted octanol–water partition coefficient (Wildman–Crippen LogP) is 2.39. The number of nitrogens with one attached hydrogen (secondary N) is 1. The van der Waals surface area contributed by atoms with E-state index in [2.05, 4.69) is 19.2 Å². The van der Waals surface area contributed by atoms with E-state index in [-0.39, 0.29) is 0 Å². The molecule has 0 amide bonds. The number of rotatable bonds is 3. The largest absolute Gasteiger partial charge is 0.314 e. The summed E-state index contributed by atoms with van der Waals surface area (Å²) in [6.45, 7) is 5.46. The van der Waals surface area contributed by atoms with E-state index in [0.717, 1.165) is 12.5 Å². The van der Waals surface area contributed by atoms with Gasteiger partial charge in [-0.2, -0.15) is 0 Å². The molecule has 1 nitrogen and oxygen atoms in total. The molecule has 0 aromatic rings. The molecule has 0 aliphatic heterocycles. The zero-order valence-electron chi connectivity index (χ0n) is 7.44. The van der Waals surface area contributed by atoms with Gasteiger partial charge >= 0.3 is 0 Å². The Bertz CT molecular complexity index is 114. The number of halogens is 1. The molecule has 2 atom stereocenters. The molecular weight excluding hydrogens is 158 g/mol. The van der Waals surface area contributed by atoms with Crippen LogP contribution in [-0.2, 0) is 0 Å². The Morgan fingerprint density at radius 2 is 2.18 bits per heavy atom. The smallest absolute Gasteiger partial charge is 0.0376 e. The molecule has 2 heteroatoms. The van der Waals surface area contributed by atoms with E-state index in [4.69, 9.17) is 11.6 Å². The summed E-state index contributed by atoms with van der Waals surface area (Å²) in [6.07, 6.45) is 3.85. The van der Waals surface area contributed by atoms with Crippen molar-refractivity contribution in [1.82, 2.24) is 5.32 Å². The first-order valence-electron chi connectivity index (χ1n) is 4.57. The summed E-state index contributed by atoms with van der Waals surface area (Å²) in [6, 6.07) is 0.597. The maximum Gasteiger partial charge on any atom is 0.0376 e. The minimum Gasteiger partial charge on any atom is -0.314 e. The van der Waals surface area contributed by atoms with Gasteiger partial charge in [0.15, 0.2) is 0 Å². The van der Waals surface area contributed by atoms with Crippen molar-refractivity contribution in [3.05, 3.63) is 0 Å². The van der Waals surface area contributed by atoms with Gasteiger partial charge in [-0.1, -0.05) is 20.3 Å². The lowest BCUT2D eigenvalue weighted by Crippen LogP contribution is -2.30. The molecule has 1 fully saturated rings. The standard InChI is InChI=1S/C9H18ClN/c1-7(2)11-6-8-4-3-5-9(8)10/h7-9,11H,3-6H2,1-2H3. The molecule has 11 heavy (non-hydrogen) atoms. The van der Waals surface area contributed by atoms with Crippen LogP contribution in [-0.4, -0.2) is 18.0 Å². The molecule has 0 heterocycles. The van der Waals surface area contributed by atoms with E-state index in [1.54, 1.807) is 0 Å². The lowest BCUT2D eigenvalue weighted by atomic mass is 10.1. The lowest BCUT2D eigenvalue weighted by Gasteiger charge is -2.16. The second-order valence-corrected chi connectivity index (χ2v) is 4.33. The highest BCUT2D eigenvalue weighted by molar-refractivity contribution is 6.20. The van der Waals surface area contributed by atoms with E-state index in [0.29, 0.717) is 11.4 Å². The molecule has 0 radical (unpaired) electrons. The molecular formula is C9H18ClN. The van der Waals surface area contributed by atoms with Crippen LogP contribution in [0.4, 0.5) is 0 Å². The summed E-state index contributed by atoms with van der Waals surface area (Å²) in [5.41, 5.74) is 0. The molecule has 0 saturated heterocycles. The molecule has 0 spiro atoms. The fourth-order valence-corrected chi connectivity index (χ4v) is 1.98. The van der Waals surface area contributed by atoms with Crippen LogP contribution in [0.3, 0.4) is 0 Å². The Kier molecular flexibility index (Phi) is 3.67. The predicted molar refractivity (Wildman–Crippen MR) is 50.1 cm³/mol. The fourth-order valence-electron chi connectivity index (χ4n) is 1.61. The van der Waals surface area contributed by atoms with Gasteiger partial charge in [-0.05, 0) is 25.3 Å². The molecule has 1 aliphatic rings. The van der Waals surface area contributed by atoms with Crippen LogP contribution in [0.5, 0.6) is 0 Å². The van der Waals surface area contributed by atoms with Gasteiger partial charge in [0.05, 0.1) is 0 Å². The average molecular weight is 176 g/mol. The van der Waals surface area contributed by atoms with Gasteiger partial charge in [-0.25, -0.2) is 0 Å². The van der Waals surface area contributed by atoms with E-state index in [9.17, 15) is 0 Å². The topological polar surface area (TPSA) is 12.0 Å². The molecule has 1 saturated carbocycles. The van der Waals surface area contributed by atoms with Crippen LogP contribution >= 0.6 is 11.6 Å². The van der Waals surface area contributed by atoms with E-state index in [1.165, 1.54) is 19.3 Å². The number of alkyl halides is 1. The Morgan fingerprint density at radius 3 is 2.64 bits per heavy atom. The van der Waals surface area contributed by atoms with Crippen LogP contribution in [0.2, 0.25) is 0 Å². The third-order valence-corrected chi connectivity index (χ3v) is 2.93. The highest BCUT2D eigenvalue weighted by atomic mass is 35.5.